The monoisotopic (exact) mass is 275 g/mol. The Morgan fingerprint density at radius 3 is 2.42 bits per heavy atom. The van der Waals surface area contributed by atoms with Crippen LogP contribution in [0.5, 0.6) is 0 Å². The Labute approximate surface area is 109 Å². The quantitative estimate of drug-likeness (QED) is 0.721. The lowest BCUT2D eigenvalue weighted by Crippen LogP contribution is -2.38. The molecule has 1 amide bonds. The molecule has 2 aliphatic rings. The van der Waals surface area contributed by atoms with Crippen molar-refractivity contribution in [2.75, 3.05) is 0 Å². The van der Waals surface area contributed by atoms with Crippen LogP contribution in [0.4, 0.5) is 13.2 Å². The van der Waals surface area contributed by atoms with Gasteiger partial charge < -0.3 is 10.7 Å². The average Bonchev–Trinajstić information content (AvgIpc) is 2.72. The zero-order valence-corrected chi connectivity index (χ0v) is 10.4. The Bertz CT molecular complexity index is 422. The maximum absolute atomic E-state index is 12.7. The van der Waals surface area contributed by atoms with Crippen molar-refractivity contribution in [2.45, 2.75) is 44.3 Å². The molecule has 1 heterocycles. The number of nitrogens with one attached hydrogen (secondary N) is 3. The first-order valence-electron chi connectivity index (χ1n) is 6.23. The van der Waals surface area contributed by atoms with E-state index in [4.69, 9.17) is 0 Å². The molecule has 0 atom stereocenters. The molecular formula is C12H16F3N3O. The van der Waals surface area contributed by atoms with E-state index in [0.717, 1.165) is 32.1 Å². The van der Waals surface area contributed by atoms with Gasteiger partial charge in [-0.2, -0.15) is 13.2 Å². The Balaban J connectivity index is 2.13. The molecule has 0 radical (unpaired) electrons. The third-order valence-corrected chi connectivity index (χ3v) is 3.34. The zero-order chi connectivity index (χ0) is 14.0. The highest BCUT2D eigenvalue weighted by Crippen LogP contribution is 2.31. The first kappa shape index (κ1) is 13.8. The Hall–Kier alpha value is -1.66. The van der Waals surface area contributed by atoms with Gasteiger partial charge in [-0.25, -0.2) is 0 Å². The lowest BCUT2D eigenvalue weighted by Gasteiger charge is -2.23. The molecule has 19 heavy (non-hydrogen) atoms. The van der Waals surface area contributed by atoms with Crippen LogP contribution in [0.3, 0.4) is 0 Å². The SMILES string of the molecule is C=C1NNC(C(F)(F)F)=C1C(=O)NC1CCCCC1. The van der Waals surface area contributed by atoms with Crippen molar-refractivity contribution in [1.82, 2.24) is 16.2 Å². The van der Waals surface area contributed by atoms with Crippen molar-refractivity contribution in [3.05, 3.63) is 23.5 Å². The normalized spacial score (nSPS) is 21.1. The predicted octanol–water partition coefficient (Wildman–Crippen LogP) is 1.87. The van der Waals surface area contributed by atoms with Crippen LogP contribution in [0.25, 0.3) is 0 Å². The second-order valence-corrected chi connectivity index (χ2v) is 4.78. The van der Waals surface area contributed by atoms with E-state index in [2.05, 4.69) is 17.3 Å². The summed E-state index contributed by atoms with van der Waals surface area (Å²) >= 11 is 0. The first-order chi connectivity index (χ1) is 8.89. The number of hydrogen-bond acceptors (Lipinski definition) is 3. The van der Waals surface area contributed by atoms with Gasteiger partial charge >= 0.3 is 6.18 Å². The fraction of sp³-hybridized carbons (Fsp3) is 0.583. The molecular weight excluding hydrogens is 259 g/mol. The molecule has 1 saturated carbocycles. The van der Waals surface area contributed by atoms with Crippen molar-refractivity contribution in [1.29, 1.82) is 0 Å². The van der Waals surface area contributed by atoms with Crippen LogP contribution < -0.4 is 16.2 Å². The molecule has 0 unspecified atom stereocenters. The summed E-state index contributed by atoms with van der Waals surface area (Å²) in [6.07, 6.45) is 0.118. The van der Waals surface area contributed by atoms with E-state index >= 15 is 0 Å². The van der Waals surface area contributed by atoms with Crippen LogP contribution >= 0.6 is 0 Å². The maximum Gasteiger partial charge on any atom is 0.433 e. The number of hydrazine groups is 1. The fourth-order valence-electron chi connectivity index (χ4n) is 2.38. The van der Waals surface area contributed by atoms with E-state index < -0.39 is 23.4 Å². The number of hydrogen-bond donors (Lipinski definition) is 3. The minimum atomic E-state index is -4.61. The van der Waals surface area contributed by atoms with E-state index in [0.29, 0.717) is 0 Å². The van der Waals surface area contributed by atoms with E-state index in [1.165, 1.54) is 0 Å². The molecule has 0 aromatic carbocycles. The van der Waals surface area contributed by atoms with E-state index in [1.807, 2.05) is 5.43 Å². The Morgan fingerprint density at radius 2 is 1.84 bits per heavy atom. The highest BCUT2D eigenvalue weighted by Gasteiger charge is 2.42. The molecule has 7 heteroatoms. The molecule has 0 saturated heterocycles. The van der Waals surface area contributed by atoms with Crippen LogP contribution in [0.15, 0.2) is 23.5 Å². The Morgan fingerprint density at radius 1 is 1.21 bits per heavy atom. The highest BCUT2D eigenvalue weighted by molar-refractivity contribution is 5.99. The fourth-order valence-corrected chi connectivity index (χ4v) is 2.38. The number of amides is 1. The van der Waals surface area contributed by atoms with Crippen LogP contribution in [-0.4, -0.2) is 18.1 Å². The van der Waals surface area contributed by atoms with Gasteiger partial charge in [0.15, 0.2) is 5.70 Å². The molecule has 1 aliphatic carbocycles. The number of carbonyl (C=O) groups excluding carboxylic acids is 1. The number of alkyl halides is 3. The minimum Gasteiger partial charge on any atom is -0.349 e. The molecule has 0 aromatic rings. The zero-order valence-electron chi connectivity index (χ0n) is 10.4. The van der Waals surface area contributed by atoms with Crippen molar-refractivity contribution in [3.63, 3.8) is 0 Å². The van der Waals surface area contributed by atoms with E-state index in [9.17, 15) is 18.0 Å². The van der Waals surface area contributed by atoms with Crippen LogP contribution in [0, 0.1) is 0 Å². The Kier molecular flexibility index (Phi) is 3.73. The van der Waals surface area contributed by atoms with Crippen LogP contribution in [0.1, 0.15) is 32.1 Å². The molecule has 1 fully saturated rings. The molecule has 4 nitrogen and oxygen atoms in total. The summed E-state index contributed by atoms with van der Waals surface area (Å²) in [5.74, 6) is -0.721. The number of rotatable bonds is 2. The summed E-state index contributed by atoms with van der Waals surface area (Å²) in [6, 6.07) is -0.0448. The summed E-state index contributed by atoms with van der Waals surface area (Å²) < 4.78 is 38.2. The maximum atomic E-state index is 12.7. The van der Waals surface area contributed by atoms with Gasteiger partial charge in [-0.3, -0.25) is 10.2 Å². The average molecular weight is 275 g/mol. The summed E-state index contributed by atoms with van der Waals surface area (Å²) in [5.41, 5.74) is 2.62. The lowest BCUT2D eigenvalue weighted by molar-refractivity contribution is -0.120. The van der Waals surface area contributed by atoms with Crippen molar-refractivity contribution < 1.29 is 18.0 Å². The van der Waals surface area contributed by atoms with E-state index in [1.54, 1.807) is 0 Å². The van der Waals surface area contributed by atoms with Crippen molar-refractivity contribution in [3.8, 4) is 0 Å². The van der Waals surface area contributed by atoms with Crippen molar-refractivity contribution >= 4 is 5.91 Å². The second kappa shape index (κ2) is 5.14. The standard InChI is InChI=1S/C12H16F3N3O/c1-7-9(10(18-17-7)12(13,14)15)11(19)16-8-5-3-2-4-6-8/h8,17-18H,1-6H2,(H,16,19). The molecule has 3 N–H and O–H groups in total. The number of halogens is 3. The third kappa shape index (κ3) is 3.02. The topological polar surface area (TPSA) is 53.2 Å². The molecule has 0 spiro atoms. The van der Waals surface area contributed by atoms with Gasteiger partial charge in [0.05, 0.1) is 11.3 Å². The molecule has 2 rings (SSSR count). The number of carbonyl (C=O) groups is 1. The van der Waals surface area contributed by atoms with Gasteiger partial charge in [0.2, 0.25) is 0 Å². The summed E-state index contributed by atoms with van der Waals surface area (Å²) in [5, 5.41) is 2.66. The molecule has 0 bridgehead atoms. The van der Waals surface area contributed by atoms with Gasteiger partial charge in [-0.05, 0) is 12.8 Å². The first-order valence-corrected chi connectivity index (χ1v) is 6.23. The summed E-state index contributed by atoms with van der Waals surface area (Å²) in [7, 11) is 0. The predicted molar refractivity (Wildman–Crippen MR) is 63.5 cm³/mol. The van der Waals surface area contributed by atoms with Gasteiger partial charge in [0.25, 0.3) is 5.91 Å². The molecule has 0 aromatic heterocycles. The van der Waals surface area contributed by atoms with E-state index in [-0.39, 0.29) is 11.7 Å². The van der Waals surface area contributed by atoms with Gasteiger partial charge in [0.1, 0.15) is 0 Å². The highest BCUT2D eigenvalue weighted by atomic mass is 19.4. The van der Waals surface area contributed by atoms with Crippen molar-refractivity contribution in [2.24, 2.45) is 0 Å². The van der Waals surface area contributed by atoms with Crippen LogP contribution in [-0.2, 0) is 4.79 Å². The molecule has 1 aliphatic heterocycles. The molecule has 106 valence electrons. The summed E-state index contributed by atoms with van der Waals surface area (Å²) in [4.78, 5) is 12.0. The second-order valence-electron chi connectivity index (χ2n) is 4.78. The third-order valence-electron chi connectivity index (χ3n) is 3.34. The van der Waals surface area contributed by atoms with Gasteiger partial charge in [0, 0.05) is 6.04 Å². The summed E-state index contributed by atoms with van der Waals surface area (Å²) in [6.45, 7) is 3.42. The van der Waals surface area contributed by atoms with Crippen LogP contribution in [0.2, 0.25) is 0 Å². The lowest BCUT2D eigenvalue weighted by atomic mass is 9.95. The smallest absolute Gasteiger partial charge is 0.349 e. The largest absolute Gasteiger partial charge is 0.433 e. The number of allylic oxidation sites excluding steroid dienone is 1. The van der Waals surface area contributed by atoms with Gasteiger partial charge in [-0.1, -0.05) is 25.8 Å². The minimum absolute atomic E-state index is 0.0448. The van der Waals surface area contributed by atoms with Gasteiger partial charge in [-0.15, -0.1) is 0 Å².